The molecular weight excluding hydrogens is 357 g/mol. The molecule has 0 radical (unpaired) electrons. The Morgan fingerprint density at radius 2 is 2.08 bits per heavy atom. The van der Waals surface area contributed by atoms with Crippen LogP contribution in [0.25, 0.3) is 0 Å². The Labute approximate surface area is 149 Å². The van der Waals surface area contributed by atoms with Crippen molar-refractivity contribution in [3.05, 3.63) is 28.8 Å². The van der Waals surface area contributed by atoms with Gasteiger partial charge in [-0.3, -0.25) is 9.59 Å². The molecule has 1 aromatic rings. The van der Waals surface area contributed by atoms with Crippen LogP contribution in [-0.4, -0.2) is 29.8 Å². The number of carbonyl (C=O) groups is 2. The number of nitrogens with one attached hydrogen (secondary N) is 1. The van der Waals surface area contributed by atoms with E-state index in [1.165, 1.54) is 6.07 Å². The number of rotatable bonds is 5. The fraction of sp³-hybridized carbons (Fsp3) is 0.529. The van der Waals surface area contributed by atoms with E-state index in [2.05, 4.69) is 5.32 Å². The summed E-state index contributed by atoms with van der Waals surface area (Å²) < 4.78 is 39.3. The van der Waals surface area contributed by atoms with Gasteiger partial charge < -0.3 is 10.2 Å². The van der Waals surface area contributed by atoms with Crippen molar-refractivity contribution in [2.45, 2.75) is 32.9 Å². The largest absolute Gasteiger partial charge is 0.418 e. The molecule has 1 saturated heterocycles. The molecule has 25 heavy (non-hydrogen) atoms. The summed E-state index contributed by atoms with van der Waals surface area (Å²) in [5.74, 6) is -0.971. The standard InChI is InChI=1S/C17H20ClF3N2O2/c1-10(2)5-6-23-9-11(7-15(23)24)16(25)22-14-4-3-12(18)8-13(14)17(19,20)21/h3-4,8,10-11H,5-7,9H2,1-2H3,(H,22,25). The minimum absolute atomic E-state index is 0.0128. The van der Waals surface area contributed by atoms with E-state index in [0.717, 1.165) is 18.6 Å². The van der Waals surface area contributed by atoms with Gasteiger partial charge in [0, 0.05) is 24.5 Å². The average molecular weight is 377 g/mol. The smallest absolute Gasteiger partial charge is 0.342 e. The second-order valence-electron chi connectivity index (χ2n) is 6.60. The first-order chi connectivity index (χ1) is 11.6. The van der Waals surface area contributed by atoms with Crippen LogP contribution < -0.4 is 5.32 Å². The van der Waals surface area contributed by atoms with E-state index in [9.17, 15) is 22.8 Å². The highest BCUT2D eigenvalue weighted by atomic mass is 35.5. The van der Waals surface area contributed by atoms with Crippen LogP contribution in [0.2, 0.25) is 5.02 Å². The third-order valence-corrected chi connectivity index (χ3v) is 4.34. The van der Waals surface area contributed by atoms with Crippen LogP contribution in [0.15, 0.2) is 18.2 Å². The Balaban J connectivity index is 2.07. The van der Waals surface area contributed by atoms with Gasteiger partial charge in [0.2, 0.25) is 11.8 Å². The first kappa shape index (κ1) is 19.6. The number of nitrogens with zero attached hydrogens (tertiary/aromatic N) is 1. The van der Waals surface area contributed by atoms with Crippen LogP contribution in [-0.2, 0) is 15.8 Å². The Bertz CT molecular complexity index is 662. The molecule has 4 nitrogen and oxygen atoms in total. The Morgan fingerprint density at radius 3 is 2.68 bits per heavy atom. The summed E-state index contributed by atoms with van der Waals surface area (Å²) in [4.78, 5) is 25.9. The van der Waals surface area contributed by atoms with Gasteiger partial charge in [-0.25, -0.2) is 0 Å². The molecule has 8 heteroatoms. The zero-order chi connectivity index (χ0) is 18.8. The summed E-state index contributed by atoms with van der Waals surface area (Å²) >= 11 is 5.62. The molecule has 1 heterocycles. The SMILES string of the molecule is CC(C)CCN1CC(C(=O)Nc2ccc(Cl)cc2C(F)(F)F)CC1=O. The zero-order valence-corrected chi connectivity index (χ0v) is 14.7. The van der Waals surface area contributed by atoms with Gasteiger partial charge in [0.1, 0.15) is 0 Å². The predicted molar refractivity (Wildman–Crippen MR) is 89.2 cm³/mol. The van der Waals surface area contributed by atoms with Crippen LogP contribution >= 0.6 is 11.6 Å². The van der Waals surface area contributed by atoms with Crippen molar-refractivity contribution < 1.29 is 22.8 Å². The summed E-state index contributed by atoms with van der Waals surface area (Å²) in [6, 6.07) is 3.17. The van der Waals surface area contributed by atoms with Crippen LogP contribution in [0.3, 0.4) is 0 Å². The molecule has 1 aliphatic heterocycles. The second-order valence-corrected chi connectivity index (χ2v) is 7.04. The van der Waals surface area contributed by atoms with E-state index in [1.807, 2.05) is 13.8 Å². The molecule has 138 valence electrons. The van der Waals surface area contributed by atoms with Crippen LogP contribution in [0.5, 0.6) is 0 Å². The van der Waals surface area contributed by atoms with Gasteiger partial charge >= 0.3 is 6.18 Å². The summed E-state index contributed by atoms with van der Waals surface area (Å²) in [5.41, 5.74) is -1.36. The number of anilines is 1. The highest BCUT2D eigenvalue weighted by molar-refractivity contribution is 6.30. The third kappa shape index (κ3) is 5.11. The van der Waals surface area contributed by atoms with Crippen molar-refractivity contribution in [3.8, 4) is 0 Å². The van der Waals surface area contributed by atoms with Crippen molar-refractivity contribution >= 4 is 29.1 Å². The molecule has 1 N–H and O–H groups in total. The Morgan fingerprint density at radius 1 is 1.40 bits per heavy atom. The number of benzene rings is 1. The van der Waals surface area contributed by atoms with E-state index in [0.29, 0.717) is 12.5 Å². The number of alkyl halides is 3. The zero-order valence-electron chi connectivity index (χ0n) is 14.0. The van der Waals surface area contributed by atoms with Gasteiger partial charge in [-0.2, -0.15) is 13.2 Å². The minimum atomic E-state index is -4.64. The van der Waals surface area contributed by atoms with Crippen molar-refractivity contribution in [3.63, 3.8) is 0 Å². The van der Waals surface area contributed by atoms with Crippen LogP contribution in [0.1, 0.15) is 32.3 Å². The topological polar surface area (TPSA) is 49.4 Å². The van der Waals surface area contributed by atoms with Gasteiger partial charge in [0.25, 0.3) is 0 Å². The van der Waals surface area contributed by atoms with E-state index < -0.39 is 23.6 Å². The summed E-state index contributed by atoms with van der Waals surface area (Å²) in [7, 11) is 0. The highest BCUT2D eigenvalue weighted by Crippen LogP contribution is 2.37. The average Bonchev–Trinajstić information content (AvgIpc) is 2.87. The number of carbonyl (C=O) groups excluding carboxylic acids is 2. The number of amides is 2. The lowest BCUT2D eigenvalue weighted by Crippen LogP contribution is -2.30. The Kier molecular flexibility index (Phi) is 5.98. The van der Waals surface area contributed by atoms with Crippen molar-refractivity contribution in [1.29, 1.82) is 0 Å². The number of hydrogen-bond donors (Lipinski definition) is 1. The summed E-state index contributed by atoms with van der Waals surface area (Å²) in [5, 5.41) is 2.23. The van der Waals surface area contributed by atoms with Crippen molar-refractivity contribution in [2.24, 2.45) is 11.8 Å². The maximum Gasteiger partial charge on any atom is 0.418 e. The second kappa shape index (κ2) is 7.64. The van der Waals surface area contributed by atoms with E-state index in [4.69, 9.17) is 11.6 Å². The number of hydrogen-bond acceptors (Lipinski definition) is 2. The maximum atomic E-state index is 13.1. The first-order valence-electron chi connectivity index (χ1n) is 8.03. The molecule has 1 aromatic carbocycles. The Hall–Kier alpha value is -1.76. The quantitative estimate of drug-likeness (QED) is 0.837. The lowest BCUT2D eigenvalue weighted by atomic mass is 10.1. The lowest BCUT2D eigenvalue weighted by molar-refractivity contribution is -0.137. The molecule has 0 spiro atoms. The maximum absolute atomic E-state index is 13.1. The van der Waals surface area contributed by atoms with Crippen LogP contribution in [0.4, 0.5) is 18.9 Å². The molecular formula is C17H20ClF3N2O2. The van der Waals surface area contributed by atoms with Gasteiger partial charge in [0.05, 0.1) is 17.2 Å². The molecule has 0 aliphatic carbocycles. The highest BCUT2D eigenvalue weighted by Gasteiger charge is 2.37. The number of likely N-dealkylation sites (tertiary alicyclic amines) is 1. The van der Waals surface area contributed by atoms with Crippen molar-refractivity contribution in [2.75, 3.05) is 18.4 Å². The monoisotopic (exact) mass is 376 g/mol. The normalized spacial score (nSPS) is 18.1. The van der Waals surface area contributed by atoms with Gasteiger partial charge in [-0.15, -0.1) is 0 Å². The molecule has 1 atom stereocenters. The van der Waals surface area contributed by atoms with Crippen molar-refractivity contribution in [1.82, 2.24) is 4.90 Å². The third-order valence-electron chi connectivity index (χ3n) is 4.11. The molecule has 1 aliphatic rings. The van der Waals surface area contributed by atoms with E-state index in [1.54, 1.807) is 4.90 Å². The first-order valence-corrected chi connectivity index (χ1v) is 8.41. The minimum Gasteiger partial charge on any atom is -0.342 e. The summed E-state index contributed by atoms with van der Waals surface area (Å²) in [6.07, 6.45) is -3.81. The van der Waals surface area contributed by atoms with Gasteiger partial charge in [-0.1, -0.05) is 25.4 Å². The molecule has 0 bridgehead atoms. The molecule has 2 rings (SSSR count). The van der Waals surface area contributed by atoms with Gasteiger partial charge in [0.15, 0.2) is 0 Å². The predicted octanol–water partition coefficient (Wildman–Crippen LogP) is 4.19. The lowest BCUT2D eigenvalue weighted by Gasteiger charge is -2.18. The van der Waals surface area contributed by atoms with Crippen LogP contribution in [0, 0.1) is 11.8 Å². The molecule has 0 saturated carbocycles. The summed E-state index contributed by atoms with van der Waals surface area (Å²) in [6.45, 7) is 4.84. The molecule has 1 fully saturated rings. The van der Waals surface area contributed by atoms with Gasteiger partial charge in [-0.05, 0) is 30.5 Å². The van der Waals surface area contributed by atoms with E-state index >= 15 is 0 Å². The van der Waals surface area contributed by atoms with E-state index in [-0.39, 0.29) is 29.6 Å². The molecule has 0 aromatic heterocycles. The fourth-order valence-corrected chi connectivity index (χ4v) is 2.84. The number of halogens is 4. The molecule has 1 unspecified atom stereocenters. The molecule has 2 amide bonds. The fourth-order valence-electron chi connectivity index (χ4n) is 2.67.